The molecule has 0 bridgehead atoms. The van der Waals surface area contributed by atoms with Crippen molar-refractivity contribution in [3.8, 4) is 0 Å². The van der Waals surface area contributed by atoms with Gasteiger partial charge in [0, 0.05) is 19.1 Å². The molecule has 4 nitrogen and oxygen atoms in total. The van der Waals surface area contributed by atoms with Gasteiger partial charge in [0.05, 0.1) is 5.92 Å². The number of hydrogen-bond donors (Lipinski definition) is 2. The Hall–Kier alpha value is -0.910. The molecule has 0 unspecified atom stereocenters. The highest BCUT2D eigenvalue weighted by Gasteiger charge is 2.58. The van der Waals surface area contributed by atoms with Gasteiger partial charge in [-0.1, -0.05) is 0 Å². The molecular formula is C18H27N3OS. The molecule has 1 amide bonds. The minimum Gasteiger partial charge on any atom is -0.334 e. The molecule has 1 aromatic heterocycles. The summed E-state index contributed by atoms with van der Waals surface area (Å²) in [5.41, 5.74) is 1.71. The zero-order valence-electron chi connectivity index (χ0n) is 13.7. The number of nitrogens with zero attached hydrogens (tertiary/aromatic N) is 1. The lowest BCUT2D eigenvalue weighted by Gasteiger charge is -2.33. The van der Waals surface area contributed by atoms with Gasteiger partial charge in [0.15, 0.2) is 0 Å². The minimum atomic E-state index is 0.182. The van der Waals surface area contributed by atoms with E-state index in [1.807, 2.05) is 0 Å². The third-order valence-corrected chi connectivity index (χ3v) is 6.72. The molecule has 1 spiro atoms. The molecule has 3 aliphatic rings. The maximum atomic E-state index is 13.2. The van der Waals surface area contributed by atoms with Gasteiger partial charge < -0.3 is 15.5 Å². The predicted molar refractivity (Wildman–Crippen MR) is 93.4 cm³/mol. The Kier molecular flexibility index (Phi) is 4.43. The maximum Gasteiger partial charge on any atom is 0.227 e. The molecule has 3 heterocycles. The summed E-state index contributed by atoms with van der Waals surface area (Å²) < 4.78 is 0. The first kappa shape index (κ1) is 15.6. The second kappa shape index (κ2) is 6.54. The van der Waals surface area contributed by atoms with Crippen molar-refractivity contribution in [3.63, 3.8) is 0 Å². The average molecular weight is 334 g/mol. The Morgan fingerprint density at radius 2 is 2.17 bits per heavy atom. The lowest BCUT2D eigenvalue weighted by Crippen LogP contribution is -2.45. The molecule has 23 heavy (non-hydrogen) atoms. The van der Waals surface area contributed by atoms with Crippen LogP contribution in [0.15, 0.2) is 16.8 Å². The first-order valence-electron chi connectivity index (χ1n) is 9.01. The Labute approximate surface area is 142 Å². The van der Waals surface area contributed by atoms with Crippen molar-refractivity contribution < 1.29 is 4.79 Å². The normalized spacial score (nSPS) is 29.4. The van der Waals surface area contributed by atoms with Crippen molar-refractivity contribution in [1.29, 1.82) is 0 Å². The zero-order chi connectivity index (χ0) is 15.7. The molecule has 1 aliphatic carbocycles. The fourth-order valence-corrected chi connectivity index (χ4v) is 5.11. The van der Waals surface area contributed by atoms with Gasteiger partial charge in [0.1, 0.15) is 0 Å². The maximum absolute atomic E-state index is 13.2. The van der Waals surface area contributed by atoms with E-state index in [1.165, 1.54) is 24.8 Å². The number of piperidine rings is 2. The monoisotopic (exact) mass is 333 g/mol. The van der Waals surface area contributed by atoms with Gasteiger partial charge in [0.2, 0.25) is 5.91 Å². The van der Waals surface area contributed by atoms with Crippen molar-refractivity contribution in [2.45, 2.75) is 44.7 Å². The van der Waals surface area contributed by atoms with E-state index in [4.69, 9.17) is 0 Å². The summed E-state index contributed by atoms with van der Waals surface area (Å²) in [6.45, 7) is 4.95. The van der Waals surface area contributed by atoms with E-state index in [0.717, 1.165) is 45.6 Å². The van der Waals surface area contributed by atoms with Crippen LogP contribution >= 0.6 is 11.3 Å². The van der Waals surface area contributed by atoms with Crippen molar-refractivity contribution in [2.75, 3.05) is 26.2 Å². The van der Waals surface area contributed by atoms with E-state index in [2.05, 4.69) is 32.4 Å². The molecule has 4 rings (SSSR count). The molecule has 2 aliphatic heterocycles. The Morgan fingerprint density at radius 3 is 2.87 bits per heavy atom. The van der Waals surface area contributed by atoms with Crippen molar-refractivity contribution in [1.82, 2.24) is 15.5 Å². The fraction of sp³-hybridized carbons (Fsp3) is 0.722. The van der Waals surface area contributed by atoms with Gasteiger partial charge in [-0.2, -0.15) is 11.3 Å². The standard InChI is InChI=1S/C18H27N3OS/c22-17(15-2-1-6-20-11-15)21(12-14-3-9-23-13-14)16-10-18(16)4-7-19-8-5-18/h3,9,13,15-16,19-20H,1-2,4-8,10-12H2/t15-,16-/m0/s1. The van der Waals surface area contributed by atoms with Crippen LogP contribution in [0.1, 0.15) is 37.7 Å². The van der Waals surface area contributed by atoms with E-state index < -0.39 is 0 Å². The quantitative estimate of drug-likeness (QED) is 0.888. The lowest BCUT2D eigenvalue weighted by atomic mass is 9.92. The number of nitrogens with one attached hydrogen (secondary N) is 2. The summed E-state index contributed by atoms with van der Waals surface area (Å²) >= 11 is 1.73. The van der Waals surface area contributed by atoms with Crippen molar-refractivity contribution >= 4 is 17.2 Å². The smallest absolute Gasteiger partial charge is 0.227 e. The molecule has 2 N–H and O–H groups in total. The van der Waals surface area contributed by atoms with Gasteiger partial charge >= 0.3 is 0 Å². The van der Waals surface area contributed by atoms with E-state index in [0.29, 0.717) is 17.4 Å². The number of hydrogen-bond acceptors (Lipinski definition) is 4. The van der Waals surface area contributed by atoms with Crippen LogP contribution in [0.5, 0.6) is 0 Å². The zero-order valence-corrected chi connectivity index (χ0v) is 14.5. The van der Waals surface area contributed by atoms with Crippen LogP contribution in [0, 0.1) is 11.3 Å². The highest BCUT2D eigenvalue weighted by atomic mass is 32.1. The number of carbonyl (C=O) groups is 1. The van der Waals surface area contributed by atoms with Crippen LogP contribution < -0.4 is 10.6 Å². The van der Waals surface area contributed by atoms with Crippen LogP contribution in [0.25, 0.3) is 0 Å². The number of carbonyl (C=O) groups excluding carboxylic acids is 1. The topological polar surface area (TPSA) is 44.4 Å². The molecule has 0 aromatic carbocycles. The van der Waals surface area contributed by atoms with E-state index in [-0.39, 0.29) is 5.92 Å². The molecule has 1 aromatic rings. The van der Waals surface area contributed by atoms with Crippen LogP contribution in [0.4, 0.5) is 0 Å². The van der Waals surface area contributed by atoms with E-state index in [9.17, 15) is 4.79 Å². The van der Waals surface area contributed by atoms with Crippen LogP contribution in [-0.2, 0) is 11.3 Å². The minimum absolute atomic E-state index is 0.182. The molecule has 126 valence electrons. The van der Waals surface area contributed by atoms with E-state index in [1.54, 1.807) is 11.3 Å². The first-order chi connectivity index (χ1) is 11.3. The average Bonchev–Trinajstić information content (AvgIpc) is 3.04. The van der Waals surface area contributed by atoms with Crippen molar-refractivity contribution in [3.05, 3.63) is 22.4 Å². The number of rotatable bonds is 4. The van der Waals surface area contributed by atoms with Gasteiger partial charge in [0.25, 0.3) is 0 Å². The summed E-state index contributed by atoms with van der Waals surface area (Å²) in [7, 11) is 0. The second-order valence-electron chi connectivity index (χ2n) is 7.47. The molecule has 3 fully saturated rings. The first-order valence-corrected chi connectivity index (χ1v) is 9.96. The highest BCUT2D eigenvalue weighted by Crippen LogP contribution is 2.56. The molecule has 2 saturated heterocycles. The summed E-state index contributed by atoms with van der Waals surface area (Å²) in [5, 5.41) is 11.2. The lowest BCUT2D eigenvalue weighted by molar-refractivity contribution is -0.138. The molecule has 0 radical (unpaired) electrons. The second-order valence-corrected chi connectivity index (χ2v) is 8.25. The largest absolute Gasteiger partial charge is 0.334 e. The Bertz CT molecular complexity index is 532. The van der Waals surface area contributed by atoms with Crippen molar-refractivity contribution in [2.24, 2.45) is 11.3 Å². The fourth-order valence-electron chi connectivity index (χ4n) is 4.45. The summed E-state index contributed by atoms with van der Waals surface area (Å²) in [5.74, 6) is 0.575. The summed E-state index contributed by atoms with van der Waals surface area (Å²) in [6, 6.07) is 2.64. The van der Waals surface area contributed by atoms with Gasteiger partial charge in [-0.05, 0) is 79.5 Å². The van der Waals surface area contributed by atoms with Crippen LogP contribution in [-0.4, -0.2) is 43.0 Å². The Morgan fingerprint density at radius 1 is 1.30 bits per heavy atom. The molecule has 5 heteroatoms. The summed E-state index contributed by atoms with van der Waals surface area (Å²) in [6.07, 6.45) is 5.85. The highest BCUT2D eigenvalue weighted by molar-refractivity contribution is 7.07. The summed E-state index contributed by atoms with van der Waals surface area (Å²) in [4.78, 5) is 15.4. The third kappa shape index (κ3) is 3.19. The molecular weight excluding hydrogens is 306 g/mol. The SMILES string of the molecule is O=C([C@H]1CCCNC1)N(Cc1ccsc1)[C@H]1CC12CCNCC2. The molecule has 1 saturated carbocycles. The van der Waals surface area contributed by atoms with Gasteiger partial charge in [-0.3, -0.25) is 4.79 Å². The number of thiophene rings is 1. The van der Waals surface area contributed by atoms with E-state index >= 15 is 0 Å². The predicted octanol–water partition coefficient (Wildman–Crippen LogP) is 2.22. The van der Waals surface area contributed by atoms with Gasteiger partial charge in [-0.15, -0.1) is 0 Å². The Balaban J connectivity index is 1.50. The van der Waals surface area contributed by atoms with Crippen LogP contribution in [0.3, 0.4) is 0 Å². The molecule has 2 atom stereocenters. The number of amides is 1. The van der Waals surface area contributed by atoms with Gasteiger partial charge in [-0.25, -0.2) is 0 Å². The van der Waals surface area contributed by atoms with Crippen LogP contribution in [0.2, 0.25) is 0 Å². The third-order valence-electron chi connectivity index (χ3n) is 5.98.